The molecule has 86 heavy (non-hydrogen) atoms. The minimum Gasteiger partial charge on any atom is -0.342 e. The standard InChI is InChI=1S/C70H96GeO4.C4H8O.C4H11Si.Sc/c1-43(2)71(44(3)4,41-74-61-27-25-49(65(7,8)9)39-57(61)59-31-45(5)29-55(63(59)72)47-33-51(67(13,14)15)37-52(34-47)68(16,17)18)42-75-62-28-26-50(66(10,11)12)40-58(62)60-32-46(6)30-56(64(60)73)48-35-53(69(19,20)21)38-54(36-48)70(22,23)24;1-2-4-5-3-1;1-5(2,3)4;/h25-40,43-44,72-73H,41-42H2,1-24H3;1-4H2;1H2,2-4H3;/q;;-1;/p+1. The zero-order valence-electron chi connectivity index (χ0n) is 59.1. The molecule has 6 aromatic carbocycles. The summed E-state index contributed by atoms with van der Waals surface area (Å²) < 4.78 is 19.4. The van der Waals surface area contributed by atoms with Gasteiger partial charge in [-0.2, -0.15) is 0 Å². The summed E-state index contributed by atoms with van der Waals surface area (Å²) in [6.07, 6.45) is 2.67. The van der Waals surface area contributed by atoms with E-state index in [0.717, 1.165) is 80.3 Å². The van der Waals surface area contributed by atoms with Gasteiger partial charge < -0.3 is 11.3 Å². The predicted octanol–water partition coefficient (Wildman–Crippen LogP) is 22.0. The van der Waals surface area contributed by atoms with Gasteiger partial charge in [0.25, 0.3) is 0 Å². The second-order valence-corrected chi connectivity index (χ2v) is 49.3. The third-order valence-electron chi connectivity index (χ3n) is 16.9. The Hall–Kier alpha value is -3.89. The fourth-order valence-corrected chi connectivity index (χ4v) is 18.3. The van der Waals surface area contributed by atoms with Crippen molar-refractivity contribution in [2.24, 2.45) is 0 Å². The van der Waals surface area contributed by atoms with Crippen LogP contribution < -0.4 is 9.47 Å². The van der Waals surface area contributed by atoms with Crippen molar-refractivity contribution >= 4 is 21.3 Å². The molecule has 1 fully saturated rings. The first kappa shape index (κ1) is 74.6. The second kappa shape index (κ2) is 28.5. The molecule has 1 radical (unpaired) electrons. The monoisotopic (exact) mass is 1280 g/mol. The number of hydrogen-bond donors (Lipinski definition) is 2. The van der Waals surface area contributed by atoms with Gasteiger partial charge in [-0.05, 0) is 0 Å². The van der Waals surface area contributed by atoms with Crippen LogP contribution in [0.2, 0.25) is 29.1 Å². The Labute approximate surface area is 547 Å². The average Bonchev–Trinajstić information content (AvgIpc) is 0.889. The van der Waals surface area contributed by atoms with E-state index in [1.165, 1.54) is 46.2 Å². The fraction of sp³-hybridized carbons (Fsp3) is 0.526. The molecule has 0 unspecified atom stereocenters. The van der Waals surface area contributed by atoms with Crippen LogP contribution >= 0.6 is 0 Å². The van der Waals surface area contributed by atoms with Gasteiger partial charge in [-0.15, -0.1) is 8.07 Å². The van der Waals surface area contributed by atoms with Crippen molar-refractivity contribution in [2.45, 2.75) is 241 Å². The van der Waals surface area contributed by atoms with E-state index in [2.05, 4.69) is 294 Å². The maximum atomic E-state index is 12.7. The molecule has 0 aliphatic carbocycles. The molecule has 8 heteroatoms. The van der Waals surface area contributed by atoms with E-state index in [-0.39, 0.29) is 69.8 Å². The minimum atomic E-state index is -3.23. The number of benzene rings is 6. The summed E-state index contributed by atoms with van der Waals surface area (Å²) in [7, 11) is -0.861. The number of ether oxygens (including phenoxy) is 3. The van der Waals surface area contributed by atoms with E-state index in [1.807, 2.05) is 0 Å². The molecule has 1 heterocycles. The van der Waals surface area contributed by atoms with Gasteiger partial charge in [-0.3, -0.25) is 0 Å². The van der Waals surface area contributed by atoms with E-state index in [9.17, 15) is 10.2 Å². The topological polar surface area (TPSA) is 71.7 Å². The molecule has 5 nitrogen and oxygen atoms in total. The van der Waals surface area contributed by atoms with Gasteiger partial charge in [0.15, 0.2) is 0 Å². The van der Waals surface area contributed by atoms with Crippen molar-refractivity contribution in [2.75, 3.05) is 24.1 Å². The molecule has 1 saturated heterocycles. The van der Waals surface area contributed by atoms with Crippen molar-refractivity contribution in [1.29, 1.82) is 0 Å². The normalized spacial score (nSPS) is 13.7. The van der Waals surface area contributed by atoms with Crippen molar-refractivity contribution in [1.82, 2.24) is 0 Å². The first-order valence-corrected chi connectivity index (χ1v) is 40.9. The molecule has 0 amide bonds. The third kappa shape index (κ3) is 19.8. The van der Waals surface area contributed by atoms with Crippen molar-refractivity contribution < 1.29 is 50.3 Å². The summed E-state index contributed by atoms with van der Waals surface area (Å²) in [6.45, 7) is 67.0. The smallest absolute Gasteiger partial charge is 0 e. The molecule has 0 spiro atoms. The summed E-state index contributed by atoms with van der Waals surface area (Å²) in [4.78, 5) is 0. The van der Waals surface area contributed by atoms with Crippen LogP contribution in [0.5, 0.6) is 23.0 Å². The quantitative estimate of drug-likeness (QED) is 0.0728. The van der Waals surface area contributed by atoms with Gasteiger partial charge in [0.2, 0.25) is 0 Å². The summed E-state index contributed by atoms with van der Waals surface area (Å²) in [5.74, 6) is 2.05. The maximum absolute atomic E-state index is 12.7. The van der Waals surface area contributed by atoms with Crippen LogP contribution in [-0.2, 0) is 58.3 Å². The van der Waals surface area contributed by atoms with Crippen LogP contribution in [0.25, 0.3) is 44.5 Å². The second-order valence-electron chi connectivity index (χ2n) is 33.0. The molecule has 0 bridgehead atoms. The average molecular weight is 1280 g/mol. The molecule has 7 rings (SSSR count). The Morgan fingerprint density at radius 2 is 0.698 bits per heavy atom. The van der Waals surface area contributed by atoms with Crippen LogP contribution in [0.3, 0.4) is 0 Å². The van der Waals surface area contributed by atoms with Crippen molar-refractivity contribution in [3.63, 3.8) is 0 Å². The van der Waals surface area contributed by atoms with Crippen LogP contribution in [0.4, 0.5) is 0 Å². The van der Waals surface area contributed by atoms with Gasteiger partial charge >= 0.3 is 461 Å². The van der Waals surface area contributed by atoms with Crippen LogP contribution in [0, 0.1) is 20.4 Å². The Kier molecular flexibility index (Phi) is 24.7. The van der Waals surface area contributed by atoms with Crippen LogP contribution in [-0.4, -0.2) is 60.4 Å². The van der Waals surface area contributed by atoms with E-state index in [4.69, 9.17) is 9.47 Å². The summed E-state index contributed by atoms with van der Waals surface area (Å²) in [5, 5.41) is 25.3. The van der Waals surface area contributed by atoms with Crippen LogP contribution in [0.15, 0.2) is 97.1 Å². The third-order valence-corrected chi connectivity index (χ3v) is 29.4. The van der Waals surface area contributed by atoms with Gasteiger partial charge in [0, 0.05) is 38.7 Å². The summed E-state index contributed by atoms with van der Waals surface area (Å²) in [5.41, 5.74) is 17.0. The molecule has 6 aromatic rings. The maximum Gasteiger partial charge on any atom is 0 e. The Morgan fingerprint density at radius 1 is 0.430 bits per heavy atom. The first-order valence-electron chi connectivity index (χ1n) is 31.8. The van der Waals surface area contributed by atoms with Gasteiger partial charge in [-0.1, -0.05) is 19.6 Å². The number of aromatic hydroxyl groups is 2. The Bertz CT molecular complexity index is 2960. The summed E-state index contributed by atoms with van der Waals surface area (Å²) >= 11 is -3.23. The zero-order chi connectivity index (χ0) is 64.4. The largest absolute Gasteiger partial charge is 0.342 e. The van der Waals surface area contributed by atoms with Gasteiger partial charge in [-0.25, -0.2) is 0 Å². The van der Waals surface area contributed by atoms with Gasteiger partial charge in [0.05, 0.1) is 0 Å². The number of phenolic OH excluding ortho intramolecular Hbond substituents is 2. The molecule has 0 aromatic heterocycles. The molecule has 1 aliphatic rings. The van der Waals surface area contributed by atoms with E-state index >= 15 is 0 Å². The zero-order valence-corrected chi connectivity index (χ0v) is 64.0. The minimum absolute atomic E-state index is 0. The number of aliphatic hydroxyl groups is 2. The first-order chi connectivity index (χ1) is 38.7. The molecule has 469 valence electrons. The molecular weight excluding hydrogens is 1160 g/mol. The van der Waals surface area contributed by atoms with E-state index in [0.29, 0.717) is 20.4 Å². The molecule has 1 aliphatic heterocycles. The SMILES string of the molecule is C1CC[OH+]C1.Cc1cc(-c2cc(C(C)(C)C)cc(C(C)(C)C)c2)c(O)c(-c2cc(C(C)(C)C)ccc2O[CH2][Ge]([CH2]Oc2ccc(C(C)(C)C)cc2-c2cc(C)cc(-c3cc(C(C)(C)C)cc(C(C)(C)C)c3)c2O)([CH](C)C)[CH](C)C)c1.[CH2-][Si](C)(C)C.[Sc]. The molecular formula is C78H116GeO5ScSi. The number of aryl methyl sites for hydroxylation is 2. The summed E-state index contributed by atoms with van der Waals surface area (Å²) in [6, 6.07) is 35.4. The van der Waals surface area contributed by atoms with Gasteiger partial charge in [0.1, 0.15) is 13.2 Å². The number of rotatable bonds is 12. The number of hydrogen-bond acceptors (Lipinski definition) is 4. The fourth-order valence-electron chi connectivity index (χ4n) is 10.7. The van der Waals surface area contributed by atoms with Crippen molar-refractivity contribution in [3.8, 4) is 67.5 Å². The van der Waals surface area contributed by atoms with E-state index in [1.54, 1.807) is 0 Å². The van der Waals surface area contributed by atoms with E-state index < -0.39 is 21.3 Å². The van der Waals surface area contributed by atoms with Crippen molar-refractivity contribution in [3.05, 3.63) is 148 Å². The Balaban J connectivity index is 0.00000131. The molecule has 3 N–H and O–H groups in total. The number of phenols is 2. The van der Waals surface area contributed by atoms with Crippen LogP contribution in [0.1, 0.15) is 210 Å². The molecule has 0 atom stereocenters. The molecule has 0 saturated carbocycles. The Morgan fingerprint density at radius 3 is 0.930 bits per heavy atom. The predicted molar refractivity (Wildman–Crippen MR) is 376 cm³/mol.